The van der Waals surface area contributed by atoms with Crippen molar-refractivity contribution in [2.24, 2.45) is 4.99 Å². The maximum absolute atomic E-state index is 7.57. The van der Waals surface area contributed by atoms with E-state index in [9.17, 15) is 0 Å². The molecular weight excluding hydrogens is 210 g/mol. The molecule has 1 aromatic carbocycles. The number of fused-ring (bicyclic) bond motifs is 1. The zero-order chi connectivity index (χ0) is 12.4. The van der Waals surface area contributed by atoms with Crippen LogP contribution in [0.3, 0.4) is 0 Å². The molecule has 1 aromatic heterocycles. The number of nitrogens with one attached hydrogen (secondary N) is 1. The first kappa shape index (κ1) is 11.5. The van der Waals surface area contributed by atoms with Crippen LogP contribution in [-0.4, -0.2) is 17.4 Å². The molecule has 0 aliphatic heterocycles. The number of aryl methyl sites for hydroxylation is 1. The van der Waals surface area contributed by atoms with Gasteiger partial charge in [0.05, 0.1) is 11.2 Å². The average Bonchev–Trinajstić information content (AvgIpc) is 2.36. The predicted octanol–water partition coefficient (Wildman–Crippen LogP) is 3.57. The Hall–Kier alpha value is -2.03. The lowest BCUT2D eigenvalue weighted by Gasteiger charge is -2.12. The van der Waals surface area contributed by atoms with E-state index in [0.29, 0.717) is 0 Å². The molecule has 0 atom stereocenters. The molecule has 1 heterocycles. The maximum Gasteiger partial charge on any atom is 0.0814 e. The van der Waals surface area contributed by atoms with Crippen LogP contribution in [0.1, 0.15) is 23.6 Å². The molecule has 0 aliphatic carbocycles. The van der Waals surface area contributed by atoms with Crippen LogP contribution < -0.4 is 0 Å². The first-order chi connectivity index (χ1) is 8.20. The van der Waals surface area contributed by atoms with Crippen molar-refractivity contribution in [1.29, 1.82) is 5.41 Å². The molecule has 2 rings (SSSR count). The second-order valence-electron chi connectivity index (χ2n) is 3.94. The molecule has 3 heteroatoms. The molecule has 0 radical (unpaired) electrons. The van der Waals surface area contributed by atoms with Crippen LogP contribution in [-0.2, 0) is 0 Å². The fraction of sp³-hybridized carbons (Fsp3) is 0.214. The van der Waals surface area contributed by atoms with Crippen LogP contribution in [0, 0.1) is 19.3 Å². The van der Waals surface area contributed by atoms with Gasteiger partial charge in [0.25, 0.3) is 0 Å². The maximum atomic E-state index is 7.57. The van der Waals surface area contributed by atoms with E-state index in [2.05, 4.69) is 16.9 Å². The molecule has 1 N–H and O–H groups in total. The number of pyridine rings is 1. The van der Waals surface area contributed by atoms with Crippen molar-refractivity contribution in [2.45, 2.75) is 20.8 Å². The van der Waals surface area contributed by atoms with E-state index >= 15 is 0 Å². The number of aromatic nitrogens is 1. The van der Waals surface area contributed by atoms with Crippen LogP contribution >= 0.6 is 0 Å². The van der Waals surface area contributed by atoms with Crippen molar-refractivity contribution in [3.05, 3.63) is 35.0 Å². The summed E-state index contributed by atoms with van der Waals surface area (Å²) in [7, 11) is 0. The third-order valence-corrected chi connectivity index (χ3v) is 3.04. The number of nitrogens with zero attached hydrogens (tertiary/aromatic N) is 2. The lowest BCUT2D eigenvalue weighted by atomic mass is 9.97. The van der Waals surface area contributed by atoms with Crippen molar-refractivity contribution in [2.75, 3.05) is 0 Å². The zero-order valence-electron chi connectivity index (χ0n) is 10.3. The van der Waals surface area contributed by atoms with E-state index in [1.807, 2.05) is 26.0 Å². The van der Waals surface area contributed by atoms with Crippen LogP contribution in [0.2, 0.25) is 0 Å². The third kappa shape index (κ3) is 1.73. The highest BCUT2D eigenvalue weighted by molar-refractivity contribution is 6.04. The zero-order valence-corrected chi connectivity index (χ0v) is 10.3. The van der Waals surface area contributed by atoms with Gasteiger partial charge in [-0.1, -0.05) is 6.07 Å². The molecule has 2 aromatic rings. The lowest BCUT2D eigenvalue weighted by Crippen LogP contribution is -1.95. The topological polar surface area (TPSA) is 49.1 Å². The highest BCUT2D eigenvalue weighted by atomic mass is 14.7. The van der Waals surface area contributed by atoms with Gasteiger partial charge in [0.1, 0.15) is 0 Å². The van der Waals surface area contributed by atoms with E-state index in [1.54, 1.807) is 12.4 Å². The number of hydrogen-bond acceptors (Lipinski definition) is 3. The molecule has 0 fully saturated rings. The van der Waals surface area contributed by atoms with E-state index < -0.39 is 0 Å². The van der Waals surface area contributed by atoms with Crippen molar-refractivity contribution in [1.82, 2.24) is 4.98 Å². The van der Waals surface area contributed by atoms with Gasteiger partial charge < -0.3 is 5.41 Å². The normalized spacial score (nSPS) is 11.2. The highest BCUT2D eigenvalue weighted by Gasteiger charge is 2.12. The Balaban J connectivity index is 3.00. The molecular formula is C14H15N3. The summed E-state index contributed by atoms with van der Waals surface area (Å²) in [6.45, 7) is 5.99. The molecule has 0 aliphatic rings. The minimum atomic E-state index is 0.793. The summed E-state index contributed by atoms with van der Waals surface area (Å²) in [4.78, 5) is 8.74. The highest BCUT2D eigenvalue weighted by Crippen LogP contribution is 2.33. The Labute approximate surface area is 101 Å². The third-order valence-electron chi connectivity index (χ3n) is 3.04. The summed E-state index contributed by atoms with van der Waals surface area (Å²) in [5, 5.41) is 8.67. The van der Waals surface area contributed by atoms with Crippen molar-refractivity contribution in [3.8, 4) is 0 Å². The van der Waals surface area contributed by atoms with Gasteiger partial charge >= 0.3 is 0 Å². The summed E-state index contributed by atoms with van der Waals surface area (Å²) in [5.41, 5.74) is 4.79. The van der Waals surface area contributed by atoms with Gasteiger partial charge in [-0.25, -0.2) is 0 Å². The minimum absolute atomic E-state index is 0.793. The Kier molecular flexibility index (Phi) is 3.00. The Bertz CT molecular complexity index is 612. The quantitative estimate of drug-likeness (QED) is 0.780. The van der Waals surface area contributed by atoms with Crippen LogP contribution in [0.15, 0.2) is 23.3 Å². The van der Waals surface area contributed by atoms with Crippen molar-refractivity contribution >= 4 is 29.0 Å². The van der Waals surface area contributed by atoms with Gasteiger partial charge in [-0.2, -0.15) is 0 Å². The Morgan fingerprint density at radius 3 is 2.71 bits per heavy atom. The van der Waals surface area contributed by atoms with Crippen LogP contribution in [0.25, 0.3) is 10.9 Å². The first-order valence-corrected chi connectivity index (χ1v) is 5.57. The molecule has 0 unspecified atom stereocenters. The largest absolute Gasteiger partial charge is 0.308 e. The lowest BCUT2D eigenvalue weighted by molar-refractivity contribution is 1.30. The molecule has 3 nitrogen and oxygen atoms in total. The van der Waals surface area contributed by atoms with Crippen LogP contribution in [0.5, 0.6) is 0 Å². The average molecular weight is 225 g/mol. The summed E-state index contributed by atoms with van der Waals surface area (Å²) < 4.78 is 0. The summed E-state index contributed by atoms with van der Waals surface area (Å²) >= 11 is 0. The summed E-state index contributed by atoms with van der Waals surface area (Å²) in [6, 6.07) is 3.96. The predicted molar refractivity (Wildman–Crippen MR) is 72.9 cm³/mol. The molecule has 0 spiro atoms. The van der Waals surface area contributed by atoms with Crippen molar-refractivity contribution < 1.29 is 0 Å². The second kappa shape index (κ2) is 4.45. The summed E-state index contributed by atoms with van der Waals surface area (Å²) in [5.74, 6) is 0. The number of aliphatic imine (C=N–C) groups is 1. The van der Waals surface area contributed by atoms with Gasteiger partial charge in [-0.05, 0) is 38.0 Å². The van der Waals surface area contributed by atoms with Crippen LogP contribution in [0.4, 0.5) is 5.69 Å². The molecule has 86 valence electrons. The number of benzene rings is 1. The van der Waals surface area contributed by atoms with E-state index in [0.717, 1.165) is 27.7 Å². The van der Waals surface area contributed by atoms with Gasteiger partial charge in [0.15, 0.2) is 0 Å². The van der Waals surface area contributed by atoms with Gasteiger partial charge in [-0.15, -0.1) is 0 Å². The fourth-order valence-corrected chi connectivity index (χ4v) is 2.05. The Morgan fingerprint density at radius 2 is 2.06 bits per heavy atom. The molecule has 0 saturated heterocycles. The minimum Gasteiger partial charge on any atom is -0.308 e. The standard InChI is InChI=1S/C14H15N3/c1-4-16-13-10(3)9(2)11-6-5-7-17-14(11)12(13)8-15/h4-8,15H,1-3H3. The van der Waals surface area contributed by atoms with Gasteiger partial charge in [0.2, 0.25) is 0 Å². The molecule has 0 amide bonds. The van der Waals surface area contributed by atoms with Crippen molar-refractivity contribution in [3.63, 3.8) is 0 Å². The number of hydrogen-bond donors (Lipinski definition) is 1. The van der Waals surface area contributed by atoms with E-state index in [4.69, 9.17) is 5.41 Å². The van der Waals surface area contributed by atoms with E-state index in [1.165, 1.54) is 11.8 Å². The fourth-order valence-electron chi connectivity index (χ4n) is 2.05. The monoisotopic (exact) mass is 225 g/mol. The van der Waals surface area contributed by atoms with E-state index in [-0.39, 0.29) is 0 Å². The molecule has 17 heavy (non-hydrogen) atoms. The molecule has 0 saturated carbocycles. The number of rotatable bonds is 2. The van der Waals surface area contributed by atoms with Gasteiger partial charge in [-0.3, -0.25) is 9.98 Å². The Morgan fingerprint density at radius 1 is 1.29 bits per heavy atom. The smallest absolute Gasteiger partial charge is 0.0814 e. The first-order valence-electron chi connectivity index (χ1n) is 5.57. The molecule has 0 bridgehead atoms. The SMILES string of the molecule is CC=Nc1c(C)c(C)c2cccnc2c1C=N. The second-order valence-corrected chi connectivity index (χ2v) is 3.94. The van der Waals surface area contributed by atoms with Gasteiger partial charge in [0, 0.05) is 29.6 Å². The summed E-state index contributed by atoms with van der Waals surface area (Å²) in [6.07, 6.45) is 4.84.